The number of amides is 1. The SMILES string of the molecule is Cc1ccc(NC(=O)c2ccno2)cc1-c1ccc(C(=O)O)cc1. The highest BCUT2D eigenvalue weighted by atomic mass is 16.5. The predicted octanol–water partition coefficient (Wildman–Crippen LogP) is 3.60. The molecular formula is C18H14N2O4. The minimum atomic E-state index is -0.966. The minimum Gasteiger partial charge on any atom is -0.478 e. The summed E-state index contributed by atoms with van der Waals surface area (Å²) in [5.41, 5.74) is 3.62. The van der Waals surface area contributed by atoms with Crippen LogP contribution in [0.4, 0.5) is 5.69 Å². The van der Waals surface area contributed by atoms with E-state index in [1.54, 1.807) is 30.3 Å². The third kappa shape index (κ3) is 3.17. The van der Waals surface area contributed by atoms with Gasteiger partial charge in [0.1, 0.15) is 0 Å². The van der Waals surface area contributed by atoms with Crippen molar-refractivity contribution in [3.8, 4) is 11.1 Å². The molecule has 0 spiro atoms. The van der Waals surface area contributed by atoms with Gasteiger partial charge in [-0.3, -0.25) is 4.79 Å². The fourth-order valence-corrected chi connectivity index (χ4v) is 2.33. The van der Waals surface area contributed by atoms with Crippen LogP contribution in [0.5, 0.6) is 0 Å². The molecular weight excluding hydrogens is 308 g/mol. The zero-order chi connectivity index (χ0) is 17.1. The highest BCUT2D eigenvalue weighted by Gasteiger charge is 2.11. The molecule has 0 aliphatic rings. The fourth-order valence-electron chi connectivity index (χ4n) is 2.33. The van der Waals surface area contributed by atoms with Gasteiger partial charge in [0.25, 0.3) is 5.91 Å². The maximum absolute atomic E-state index is 12.0. The molecule has 3 aromatic rings. The smallest absolute Gasteiger partial charge is 0.335 e. The fraction of sp³-hybridized carbons (Fsp3) is 0.0556. The van der Waals surface area contributed by atoms with Crippen molar-refractivity contribution in [2.45, 2.75) is 6.92 Å². The van der Waals surface area contributed by atoms with Gasteiger partial charge in [-0.25, -0.2) is 4.79 Å². The second-order valence-electron chi connectivity index (χ2n) is 5.24. The Bertz CT molecular complexity index is 884. The lowest BCUT2D eigenvalue weighted by Gasteiger charge is -2.10. The number of nitrogens with zero attached hydrogens (tertiary/aromatic N) is 1. The Morgan fingerprint density at radius 3 is 2.46 bits per heavy atom. The zero-order valence-corrected chi connectivity index (χ0v) is 12.8. The number of aryl methyl sites for hydroxylation is 1. The summed E-state index contributed by atoms with van der Waals surface area (Å²) in [6.07, 6.45) is 1.40. The number of hydrogen-bond acceptors (Lipinski definition) is 4. The second-order valence-corrected chi connectivity index (χ2v) is 5.24. The van der Waals surface area contributed by atoms with E-state index in [1.165, 1.54) is 12.3 Å². The highest BCUT2D eigenvalue weighted by Crippen LogP contribution is 2.27. The predicted molar refractivity (Wildman–Crippen MR) is 88.0 cm³/mol. The molecule has 1 aromatic heterocycles. The molecule has 6 nitrogen and oxygen atoms in total. The quantitative estimate of drug-likeness (QED) is 0.765. The molecule has 0 fully saturated rings. The number of carbonyl (C=O) groups is 2. The van der Waals surface area contributed by atoms with E-state index in [1.807, 2.05) is 19.1 Å². The average molecular weight is 322 g/mol. The highest BCUT2D eigenvalue weighted by molar-refractivity contribution is 6.02. The number of aromatic nitrogens is 1. The lowest BCUT2D eigenvalue weighted by molar-refractivity contribution is 0.0696. The van der Waals surface area contributed by atoms with E-state index in [2.05, 4.69) is 10.5 Å². The second kappa shape index (κ2) is 6.37. The van der Waals surface area contributed by atoms with E-state index in [-0.39, 0.29) is 17.2 Å². The van der Waals surface area contributed by atoms with E-state index >= 15 is 0 Å². The molecule has 6 heteroatoms. The molecule has 3 rings (SSSR count). The third-order valence-electron chi connectivity index (χ3n) is 3.60. The van der Waals surface area contributed by atoms with Crippen LogP contribution in [-0.4, -0.2) is 22.1 Å². The molecule has 2 N–H and O–H groups in total. The molecule has 0 unspecified atom stereocenters. The Kier molecular flexibility index (Phi) is 4.11. The van der Waals surface area contributed by atoms with Gasteiger partial charge in [0, 0.05) is 11.8 Å². The normalized spacial score (nSPS) is 10.4. The van der Waals surface area contributed by atoms with Crippen molar-refractivity contribution in [2.75, 3.05) is 5.32 Å². The molecule has 2 aromatic carbocycles. The van der Waals surface area contributed by atoms with Crippen molar-refractivity contribution < 1.29 is 19.2 Å². The topological polar surface area (TPSA) is 92.4 Å². The van der Waals surface area contributed by atoms with Gasteiger partial charge in [-0.05, 0) is 47.9 Å². The summed E-state index contributed by atoms with van der Waals surface area (Å²) in [6.45, 7) is 1.95. The Balaban J connectivity index is 1.88. The summed E-state index contributed by atoms with van der Waals surface area (Å²) >= 11 is 0. The van der Waals surface area contributed by atoms with Crippen molar-refractivity contribution in [1.29, 1.82) is 0 Å². The Hall–Kier alpha value is -3.41. The molecule has 0 saturated carbocycles. The summed E-state index contributed by atoms with van der Waals surface area (Å²) in [4.78, 5) is 23.0. The number of carboxylic acids is 1. The molecule has 0 radical (unpaired) electrons. The molecule has 120 valence electrons. The van der Waals surface area contributed by atoms with Crippen molar-refractivity contribution >= 4 is 17.6 Å². The van der Waals surface area contributed by atoms with Crippen molar-refractivity contribution in [2.24, 2.45) is 0 Å². The standard InChI is InChI=1S/C18H14N2O4/c1-11-2-7-14(20-17(21)16-8-9-19-24-16)10-15(11)12-3-5-13(6-4-12)18(22)23/h2-10H,1H3,(H,20,21)(H,22,23). The lowest BCUT2D eigenvalue weighted by atomic mass is 9.99. The summed E-state index contributed by atoms with van der Waals surface area (Å²) in [5.74, 6) is -1.22. The molecule has 24 heavy (non-hydrogen) atoms. The van der Waals surface area contributed by atoms with Crippen molar-refractivity contribution in [3.63, 3.8) is 0 Å². The van der Waals surface area contributed by atoms with Crippen LogP contribution >= 0.6 is 0 Å². The summed E-state index contributed by atoms with van der Waals surface area (Å²) in [5, 5.41) is 15.2. The zero-order valence-electron chi connectivity index (χ0n) is 12.8. The largest absolute Gasteiger partial charge is 0.478 e. The van der Waals surface area contributed by atoms with E-state index in [0.717, 1.165) is 16.7 Å². The first kappa shape index (κ1) is 15.5. The van der Waals surface area contributed by atoms with E-state index < -0.39 is 5.97 Å². The molecule has 1 heterocycles. The first-order valence-corrected chi connectivity index (χ1v) is 7.21. The van der Waals surface area contributed by atoms with Crippen molar-refractivity contribution in [3.05, 3.63) is 71.6 Å². The van der Waals surface area contributed by atoms with Crippen LogP contribution in [0.15, 0.2) is 59.3 Å². The van der Waals surface area contributed by atoms with Crippen LogP contribution in [0.3, 0.4) is 0 Å². The molecule has 0 aliphatic carbocycles. The lowest BCUT2D eigenvalue weighted by Crippen LogP contribution is -2.11. The van der Waals surface area contributed by atoms with Gasteiger partial charge < -0.3 is 14.9 Å². The van der Waals surface area contributed by atoms with E-state index in [4.69, 9.17) is 9.63 Å². The van der Waals surface area contributed by atoms with Gasteiger partial charge in [-0.15, -0.1) is 0 Å². The number of aromatic carboxylic acids is 1. The number of anilines is 1. The Morgan fingerprint density at radius 1 is 1.08 bits per heavy atom. The maximum atomic E-state index is 12.0. The van der Waals surface area contributed by atoms with Crippen LogP contribution in [-0.2, 0) is 0 Å². The average Bonchev–Trinajstić information content (AvgIpc) is 3.11. The van der Waals surface area contributed by atoms with Gasteiger partial charge in [0.2, 0.25) is 5.76 Å². The van der Waals surface area contributed by atoms with E-state index in [0.29, 0.717) is 5.69 Å². The van der Waals surface area contributed by atoms with Crippen LogP contribution < -0.4 is 5.32 Å². The first-order chi connectivity index (χ1) is 11.5. The van der Waals surface area contributed by atoms with Gasteiger partial charge >= 0.3 is 5.97 Å². The monoisotopic (exact) mass is 322 g/mol. The summed E-state index contributed by atoms with van der Waals surface area (Å²) in [6, 6.07) is 13.6. The Morgan fingerprint density at radius 2 is 1.83 bits per heavy atom. The molecule has 0 aliphatic heterocycles. The minimum absolute atomic E-state index is 0.128. The number of benzene rings is 2. The van der Waals surface area contributed by atoms with Gasteiger partial charge in [-0.1, -0.05) is 23.4 Å². The number of nitrogens with one attached hydrogen (secondary N) is 1. The van der Waals surface area contributed by atoms with Gasteiger partial charge in [0.15, 0.2) is 0 Å². The van der Waals surface area contributed by atoms with Crippen LogP contribution in [0, 0.1) is 6.92 Å². The van der Waals surface area contributed by atoms with Crippen LogP contribution in [0.25, 0.3) is 11.1 Å². The first-order valence-electron chi connectivity index (χ1n) is 7.21. The number of rotatable bonds is 4. The van der Waals surface area contributed by atoms with Crippen LogP contribution in [0.2, 0.25) is 0 Å². The maximum Gasteiger partial charge on any atom is 0.335 e. The Labute approximate surface area is 137 Å². The van der Waals surface area contributed by atoms with Gasteiger partial charge in [0.05, 0.1) is 11.8 Å². The van der Waals surface area contributed by atoms with E-state index in [9.17, 15) is 9.59 Å². The molecule has 0 bridgehead atoms. The van der Waals surface area contributed by atoms with Gasteiger partial charge in [-0.2, -0.15) is 0 Å². The van der Waals surface area contributed by atoms with Crippen LogP contribution in [0.1, 0.15) is 26.5 Å². The number of carbonyl (C=O) groups excluding carboxylic acids is 1. The third-order valence-corrected chi connectivity index (χ3v) is 3.60. The molecule has 0 saturated heterocycles. The molecule has 0 atom stereocenters. The summed E-state index contributed by atoms with van der Waals surface area (Å²) < 4.78 is 4.82. The summed E-state index contributed by atoms with van der Waals surface area (Å²) in [7, 11) is 0. The number of hydrogen-bond donors (Lipinski definition) is 2. The van der Waals surface area contributed by atoms with Crippen molar-refractivity contribution in [1.82, 2.24) is 5.16 Å². The molecule has 1 amide bonds. The number of carboxylic acid groups (broad SMARTS) is 1.